The molecule has 1 aliphatic rings. The molecule has 0 atom stereocenters. The average Bonchev–Trinajstić information content (AvgIpc) is 2.79. The number of hydrogen-bond donors (Lipinski definition) is 1. The van der Waals surface area contributed by atoms with Gasteiger partial charge in [0, 0.05) is 56.6 Å². The van der Waals surface area contributed by atoms with Crippen molar-refractivity contribution < 1.29 is 23.7 Å². The van der Waals surface area contributed by atoms with Crippen molar-refractivity contribution in [3.05, 3.63) is 42.0 Å². The molecule has 0 saturated carbocycles. The monoisotopic (exact) mass is 429 g/mol. The molecule has 2 aromatic carbocycles. The predicted molar refractivity (Wildman–Crippen MR) is 119 cm³/mol. The number of piperazine rings is 1. The summed E-state index contributed by atoms with van der Waals surface area (Å²) in [6.45, 7) is 4.65. The van der Waals surface area contributed by atoms with E-state index in [1.165, 1.54) is 5.56 Å². The average molecular weight is 430 g/mol. The van der Waals surface area contributed by atoms with Crippen LogP contribution >= 0.6 is 0 Å². The first-order chi connectivity index (χ1) is 15.0. The number of rotatable bonds is 9. The van der Waals surface area contributed by atoms with Crippen LogP contribution in [0.1, 0.15) is 5.56 Å². The van der Waals surface area contributed by atoms with Crippen LogP contribution < -0.4 is 24.3 Å². The summed E-state index contributed by atoms with van der Waals surface area (Å²) in [7, 11) is 6.45. The fraction of sp³-hybridized carbons (Fsp3) is 0.435. The van der Waals surface area contributed by atoms with Crippen LogP contribution in [0.4, 0.5) is 5.69 Å². The summed E-state index contributed by atoms with van der Waals surface area (Å²) in [5.74, 6) is 2.70. The maximum absolute atomic E-state index is 12.5. The highest BCUT2D eigenvalue weighted by molar-refractivity contribution is 5.92. The predicted octanol–water partition coefficient (Wildman–Crippen LogP) is 2.48. The maximum Gasteiger partial charge on any atom is 0.238 e. The molecule has 0 unspecified atom stereocenters. The van der Waals surface area contributed by atoms with E-state index in [0.29, 0.717) is 23.7 Å². The minimum Gasteiger partial charge on any atom is -0.497 e. The third kappa shape index (κ3) is 6.26. The Kier molecular flexibility index (Phi) is 7.97. The van der Waals surface area contributed by atoms with E-state index in [9.17, 15) is 4.79 Å². The number of hydrogen-bond acceptors (Lipinski definition) is 7. The zero-order valence-electron chi connectivity index (χ0n) is 18.6. The molecular formula is C23H31N3O5. The Bertz CT molecular complexity index is 859. The van der Waals surface area contributed by atoms with E-state index in [4.69, 9.17) is 18.9 Å². The number of benzene rings is 2. The largest absolute Gasteiger partial charge is 0.497 e. The van der Waals surface area contributed by atoms with Crippen molar-refractivity contribution in [3.63, 3.8) is 0 Å². The zero-order valence-corrected chi connectivity index (χ0v) is 18.6. The molecule has 0 spiro atoms. The number of nitrogens with one attached hydrogen (secondary N) is 1. The molecule has 8 nitrogen and oxygen atoms in total. The first kappa shape index (κ1) is 22.7. The lowest BCUT2D eigenvalue weighted by molar-refractivity contribution is -0.117. The lowest BCUT2D eigenvalue weighted by Gasteiger charge is -2.34. The number of carbonyl (C=O) groups is 1. The van der Waals surface area contributed by atoms with Gasteiger partial charge in [-0.05, 0) is 17.7 Å². The van der Waals surface area contributed by atoms with Crippen LogP contribution in [0, 0.1) is 0 Å². The normalized spacial score (nSPS) is 14.7. The Morgan fingerprint density at radius 2 is 1.42 bits per heavy atom. The molecule has 1 saturated heterocycles. The lowest BCUT2D eigenvalue weighted by Crippen LogP contribution is -2.48. The summed E-state index contributed by atoms with van der Waals surface area (Å²) in [6, 6.07) is 11.3. The molecule has 2 aromatic rings. The van der Waals surface area contributed by atoms with Crippen molar-refractivity contribution in [2.24, 2.45) is 0 Å². The van der Waals surface area contributed by atoms with Crippen LogP contribution in [0.2, 0.25) is 0 Å². The number of carbonyl (C=O) groups excluding carboxylic acids is 1. The van der Waals surface area contributed by atoms with Crippen molar-refractivity contribution in [3.8, 4) is 23.0 Å². The smallest absolute Gasteiger partial charge is 0.238 e. The standard InChI is InChI=1S/C23H31N3O5/c1-28-19-12-18(13-20(14-19)29-2)24-23(27)16-26-9-7-25(8-10-26)15-17-5-6-21(30-3)22(11-17)31-4/h5-6,11-14H,7-10,15-16H2,1-4H3,(H,24,27). The van der Waals surface area contributed by atoms with Gasteiger partial charge in [0.2, 0.25) is 5.91 Å². The molecule has 168 valence electrons. The van der Waals surface area contributed by atoms with E-state index in [2.05, 4.69) is 21.2 Å². The van der Waals surface area contributed by atoms with Crippen LogP contribution in [0.15, 0.2) is 36.4 Å². The van der Waals surface area contributed by atoms with Gasteiger partial charge in [-0.25, -0.2) is 0 Å². The van der Waals surface area contributed by atoms with E-state index < -0.39 is 0 Å². The van der Waals surface area contributed by atoms with Gasteiger partial charge in [-0.1, -0.05) is 6.07 Å². The van der Waals surface area contributed by atoms with Crippen molar-refractivity contribution >= 4 is 11.6 Å². The minimum atomic E-state index is -0.0522. The van der Waals surface area contributed by atoms with Crippen molar-refractivity contribution in [2.45, 2.75) is 6.54 Å². The third-order valence-corrected chi connectivity index (χ3v) is 5.32. The summed E-state index contributed by atoms with van der Waals surface area (Å²) in [4.78, 5) is 17.1. The van der Waals surface area contributed by atoms with Crippen LogP contribution in [0.25, 0.3) is 0 Å². The highest BCUT2D eigenvalue weighted by atomic mass is 16.5. The third-order valence-electron chi connectivity index (χ3n) is 5.32. The zero-order chi connectivity index (χ0) is 22.2. The Hall–Kier alpha value is -2.97. The van der Waals surface area contributed by atoms with Crippen molar-refractivity contribution in [2.75, 3.05) is 66.5 Å². The Morgan fingerprint density at radius 1 is 0.806 bits per heavy atom. The molecule has 0 aliphatic carbocycles. The number of ether oxygens (including phenoxy) is 4. The van der Waals surface area contributed by atoms with E-state index in [1.807, 2.05) is 12.1 Å². The molecule has 1 fully saturated rings. The Labute approximate surface area is 183 Å². The van der Waals surface area contributed by atoms with Crippen LogP contribution in [0.3, 0.4) is 0 Å². The molecule has 0 radical (unpaired) electrons. The molecule has 0 bridgehead atoms. The second-order valence-corrected chi connectivity index (χ2v) is 7.39. The van der Waals surface area contributed by atoms with Gasteiger partial charge in [-0.3, -0.25) is 14.6 Å². The van der Waals surface area contributed by atoms with Gasteiger partial charge in [-0.15, -0.1) is 0 Å². The van der Waals surface area contributed by atoms with Crippen LogP contribution in [-0.2, 0) is 11.3 Å². The molecular weight excluding hydrogens is 398 g/mol. The fourth-order valence-corrected chi connectivity index (χ4v) is 3.63. The van der Waals surface area contributed by atoms with Gasteiger partial charge < -0.3 is 24.3 Å². The highest BCUT2D eigenvalue weighted by Crippen LogP contribution is 2.28. The number of methoxy groups -OCH3 is 4. The summed E-state index contributed by atoms with van der Waals surface area (Å²) in [5.41, 5.74) is 1.84. The van der Waals surface area contributed by atoms with Gasteiger partial charge in [0.1, 0.15) is 11.5 Å². The molecule has 1 N–H and O–H groups in total. The summed E-state index contributed by atoms with van der Waals surface area (Å²) >= 11 is 0. The number of nitrogens with zero attached hydrogens (tertiary/aromatic N) is 2. The van der Waals surface area contributed by atoms with Gasteiger partial charge in [0.05, 0.1) is 35.0 Å². The molecule has 8 heteroatoms. The Balaban J connectivity index is 1.48. The highest BCUT2D eigenvalue weighted by Gasteiger charge is 2.20. The van der Waals surface area contributed by atoms with Gasteiger partial charge in [-0.2, -0.15) is 0 Å². The minimum absolute atomic E-state index is 0.0522. The van der Waals surface area contributed by atoms with Crippen LogP contribution in [0.5, 0.6) is 23.0 Å². The maximum atomic E-state index is 12.5. The molecule has 0 aromatic heterocycles. The topological polar surface area (TPSA) is 72.5 Å². The molecule has 1 aliphatic heterocycles. The first-order valence-corrected chi connectivity index (χ1v) is 10.2. The van der Waals surface area contributed by atoms with Gasteiger partial charge in [0.25, 0.3) is 0 Å². The molecule has 3 rings (SSSR count). The fourth-order valence-electron chi connectivity index (χ4n) is 3.63. The number of anilines is 1. The molecule has 1 heterocycles. The van der Waals surface area contributed by atoms with E-state index in [1.54, 1.807) is 46.6 Å². The molecule has 1 amide bonds. The van der Waals surface area contributed by atoms with E-state index >= 15 is 0 Å². The molecule has 31 heavy (non-hydrogen) atoms. The van der Waals surface area contributed by atoms with Gasteiger partial charge >= 0.3 is 0 Å². The van der Waals surface area contributed by atoms with Crippen molar-refractivity contribution in [1.29, 1.82) is 0 Å². The van der Waals surface area contributed by atoms with E-state index in [-0.39, 0.29) is 5.91 Å². The SMILES string of the molecule is COc1cc(NC(=O)CN2CCN(Cc3ccc(OC)c(OC)c3)CC2)cc(OC)c1. The second-order valence-electron chi connectivity index (χ2n) is 7.39. The Morgan fingerprint density at radius 3 is 2.00 bits per heavy atom. The summed E-state index contributed by atoms with van der Waals surface area (Å²) in [5, 5.41) is 2.93. The van der Waals surface area contributed by atoms with Gasteiger partial charge in [0.15, 0.2) is 11.5 Å². The quantitative estimate of drug-likeness (QED) is 0.657. The number of amides is 1. The van der Waals surface area contributed by atoms with Crippen LogP contribution in [-0.4, -0.2) is 76.9 Å². The van der Waals surface area contributed by atoms with Crippen molar-refractivity contribution in [1.82, 2.24) is 9.80 Å². The first-order valence-electron chi connectivity index (χ1n) is 10.2. The lowest BCUT2D eigenvalue weighted by atomic mass is 10.1. The van der Waals surface area contributed by atoms with E-state index in [0.717, 1.165) is 44.2 Å². The second kappa shape index (κ2) is 10.9. The summed E-state index contributed by atoms with van der Waals surface area (Å²) < 4.78 is 21.2. The summed E-state index contributed by atoms with van der Waals surface area (Å²) in [6.07, 6.45) is 0.